The van der Waals surface area contributed by atoms with Crippen molar-refractivity contribution in [2.24, 2.45) is 12.5 Å². The highest BCUT2D eigenvalue weighted by atomic mass is 16.3. The third-order valence-corrected chi connectivity index (χ3v) is 4.26. The van der Waals surface area contributed by atoms with E-state index in [-0.39, 0.29) is 17.9 Å². The molecule has 6 heteroatoms. The summed E-state index contributed by atoms with van der Waals surface area (Å²) in [6, 6.07) is 0. The van der Waals surface area contributed by atoms with Crippen LogP contribution in [0, 0.1) is 5.41 Å². The Morgan fingerprint density at radius 2 is 2.32 bits per heavy atom. The second kappa shape index (κ2) is 4.61. The standard InChI is InChI=1S/C13H20N4O2/c1-15-8-11(7-14-15)17-10-13(6-12(17)19)2-3-16(9-13)4-5-18/h7-8,18H,2-6,9-10H2,1H3/t13-/m1/s1. The molecule has 104 valence electrons. The number of rotatable bonds is 3. The van der Waals surface area contributed by atoms with Gasteiger partial charge in [0.2, 0.25) is 5.91 Å². The minimum atomic E-state index is 0.0715. The third kappa shape index (κ3) is 2.26. The Hall–Kier alpha value is -1.40. The van der Waals surface area contributed by atoms with Gasteiger partial charge < -0.3 is 14.9 Å². The molecule has 0 radical (unpaired) electrons. The second-order valence-electron chi connectivity index (χ2n) is 5.78. The molecule has 6 nitrogen and oxygen atoms in total. The number of aliphatic hydroxyl groups is 1. The molecule has 1 aromatic heterocycles. The van der Waals surface area contributed by atoms with Gasteiger partial charge in [0.1, 0.15) is 0 Å². The zero-order valence-corrected chi connectivity index (χ0v) is 11.2. The SMILES string of the molecule is Cn1cc(N2C[C@]3(CCN(CCO)C3)CC2=O)cn1. The van der Waals surface area contributed by atoms with Crippen molar-refractivity contribution < 1.29 is 9.90 Å². The molecular formula is C13H20N4O2. The van der Waals surface area contributed by atoms with E-state index in [4.69, 9.17) is 5.11 Å². The van der Waals surface area contributed by atoms with Gasteiger partial charge >= 0.3 is 0 Å². The van der Waals surface area contributed by atoms with Crippen LogP contribution < -0.4 is 4.90 Å². The maximum atomic E-state index is 12.2. The van der Waals surface area contributed by atoms with Crippen LogP contribution in [0.2, 0.25) is 0 Å². The zero-order chi connectivity index (χ0) is 13.5. The largest absolute Gasteiger partial charge is 0.395 e. The fourth-order valence-electron chi connectivity index (χ4n) is 3.31. The first-order chi connectivity index (χ1) is 9.12. The summed E-state index contributed by atoms with van der Waals surface area (Å²) in [7, 11) is 1.86. The molecule has 19 heavy (non-hydrogen) atoms. The van der Waals surface area contributed by atoms with E-state index >= 15 is 0 Å². The van der Waals surface area contributed by atoms with Crippen LogP contribution in [0.15, 0.2) is 12.4 Å². The Bertz CT molecular complexity index is 487. The molecule has 0 aliphatic carbocycles. The number of aryl methyl sites for hydroxylation is 1. The van der Waals surface area contributed by atoms with Crippen molar-refractivity contribution >= 4 is 11.6 Å². The van der Waals surface area contributed by atoms with Gasteiger partial charge in [-0.2, -0.15) is 5.10 Å². The average molecular weight is 264 g/mol. The molecule has 2 aliphatic heterocycles. The number of aliphatic hydroxyl groups excluding tert-OH is 1. The summed E-state index contributed by atoms with van der Waals surface area (Å²) in [4.78, 5) is 16.3. The van der Waals surface area contributed by atoms with Crippen LogP contribution in [0.1, 0.15) is 12.8 Å². The first-order valence-corrected chi connectivity index (χ1v) is 6.74. The predicted molar refractivity (Wildman–Crippen MR) is 70.8 cm³/mol. The maximum absolute atomic E-state index is 12.2. The summed E-state index contributed by atoms with van der Waals surface area (Å²) < 4.78 is 1.72. The Labute approximate surface area is 112 Å². The maximum Gasteiger partial charge on any atom is 0.227 e. The number of hydrogen-bond donors (Lipinski definition) is 1. The highest BCUT2D eigenvalue weighted by molar-refractivity contribution is 5.96. The molecule has 0 unspecified atom stereocenters. The minimum absolute atomic E-state index is 0.0715. The Balaban J connectivity index is 1.73. The van der Waals surface area contributed by atoms with Gasteiger partial charge in [0.15, 0.2) is 0 Å². The predicted octanol–water partition coefficient (Wildman–Crippen LogP) is -0.159. The molecular weight excluding hydrogens is 244 g/mol. The summed E-state index contributed by atoms with van der Waals surface area (Å²) in [5, 5.41) is 13.1. The Morgan fingerprint density at radius 1 is 1.47 bits per heavy atom. The van der Waals surface area contributed by atoms with E-state index in [1.54, 1.807) is 10.9 Å². The summed E-state index contributed by atoms with van der Waals surface area (Å²) in [6.07, 6.45) is 5.29. The average Bonchev–Trinajstić information content (AvgIpc) is 3.02. The van der Waals surface area contributed by atoms with Gasteiger partial charge in [-0.25, -0.2) is 0 Å². The quantitative estimate of drug-likeness (QED) is 0.824. The molecule has 1 spiro atoms. The van der Waals surface area contributed by atoms with E-state index in [9.17, 15) is 4.79 Å². The first kappa shape index (κ1) is 12.6. The van der Waals surface area contributed by atoms with Gasteiger partial charge in [0, 0.05) is 44.7 Å². The fourth-order valence-corrected chi connectivity index (χ4v) is 3.31. The number of β-amino-alcohol motifs (C(OH)–C–C–N with tert-alkyl or cyclic N) is 1. The lowest BCUT2D eigenvalue weighted by Crippen LogP contribution is -2.32. The number of anilines is 1. The third-order valence-electron chi connectivity index (χ3n) is 4.26. The van der Waals surface area contributed by atoms with Crippen molar-refractivity contribution in [2.75, 3.05) is 37.7 Å². The van der Waals surface area contributed by atoms with E-state index < -0.39 is 0 Å². The molecule has 2 saturated heterocycles. The number of likely N-dealkylation sites (tertiary alicyclic amines) is 1. The van der Waals surface area contributed by atoms with E-state index in [2.05, 4.69) is 10.00 Å². The number of nitrogens with zero attached hydrogens (tertiary/aromatic N) is 4. The van der Waals surface area contributed by atoms with Gasteiger partial charge in [-0.05, 0) is 13.0 Å². The summed E-state index contributed by atoms with van der Waals surface area (Å²) in [5.41, 5.74) is 0.965. The molecule has 0 bridgehead atoms. The highest BCUT2D eigenvalue weighted by Crippen LogP contribution is 2.41. The van der Waals surface area contributed by atoms with Crippen molar-refractivity contribution in [3.63, 3.8) is 0 Å². The van der Waals surface area contributed by atoms with Gasteiger partial charge in [-0.1, -0.05) is 0 Å². The number of aromatic nitrogens is 2. The van der Waals surface area contributed by atoms with E-state index in [0.29, 0.717) is 13.0 Å². The Kier molecular flexibility index (Phi) is 3.06. The number of carbonyl (C=O) groups excluding carboxylic acids is 1. The smallest absolute Gasteiger partial charge is 0.227 e. The van der Waals surface area contributed by atoms with E-state index in [1.807, 2.05) is 18.1 Å². The second-order valence-corrected chi connectivity index (χ2v) is 5.78. The van der Waals surface area contributed by atoms with Crippen LogP contribution in [0.4, 0.5) is 5.69 Å². The molecule has 3 rings (SSSR count). The van der Waals surface area contributed by atoms with Crippen LogP contribution in [-0.4, -0.2) is 58.5 Å². The fraction of sp³-hybridized carbons (Fsp3) is 0.692. The number of hydrogen-bond acceptors (Lipinski definition) is 4. The van der Waals surface area contributed by atoms with Crippen LogP contribution in [0.3, 0.4) is 0 Å². The van der Waals surface area contributed by atoms with Crippen molar-refractivity contribution in [2.45, 2.75) is 12.8 Å². The summed E-state index contributed by atoms with van der Waals surface area (Å²) in [5.74, 6) is 0.193. The lowest BCUT2D eigenvalue weighted by molar-refractivity contribution is -0.117. The topological polar surface area (TPSA) is 61.6 Å². The van der Waals surface area contributed by atoms with Gasteiger partial charge in [0.05, 0.1) is 18.5 Å². The summed E-state index contributed by atoms with van der Waals surface area (Å²) in [6.45, 7) is 3.57. The molecule has 1 N–H and O–H groups in total. The minimum Gasteiger partial charge on any atom is -0.395 e. The van der Waals surface area contributed by atoms with Crippen LogP contribution in [0.25, 0.3) is 0 Å². The van der Waals surface area contributed by atoms with Crippen molar-refractivity contribution in [3.05, 3.63) is 12.4 Å². The van der Waals surface area contributed by atoms with Crippen molar-refractivity contribution in [1.29, 1.82) is 0 Å². The first-order valence-electron chi connectivity index (χ1n) is 6.74. The van der Waals surface area contributed by atoms with Crippen molar-refractivity contribution in [3.8, 4) is 0 Å². The normalized spacial score (nSPS) is 27.9. The zero-order valence-electron chi connectivity index (χ0n) is 11.2. The molecule has 1 amide bonds. The monoisotopic (exact) mass is 264 g/mol. The van der Waals surface area contributed by atoms with Crippen molar-refractivity contribution in [1.82, 2.24) is 14.7 Å². The van der Waals surface area contributed by atoms with E-state index in [0.717, 1.165) is 31.7 Å². The van der Waals surface area contributed by atoms with E-state index in [1.165, 1.54) is 0 Å². The molecule has 0 aromatic carbocycles. The molecule has 3 heterocycles. The lowest BCUT2D eigenvalue weighted by atomic mass is 9.86. The molecule has 1 aromatic rings. The molecule has 1 atom stereocenters. The molecule has 0 saturated carbocycles. The van der Waals surface area contributed by atoms with Crippen LogP contribution in [0.5, 0.6) is 0 Å². The molecule has 2 fully saturated rings. The van der Waals surface area contributed by atoms with Gasteiger partial charge in [-0.3, -0.25) is 9.48 Å². The van der Waals surface area contributed by atoms with Gasteiger partial charge in [-0.15, -0.1) is 0 Å². The van der Waals surface area contributed by atoms with Gasteiger partial charge in [0.25, 0.3) is 0 Å². The highest BCUT2D eigenvalue weighted by Gasteiger charge is 2.47. The van der Waals surface area contributed by atoms with Crippen LogP contribution >= 0.6 is 0 Å². The lowest BCUT2D eigenvalue weighted by Gasteiger charge is -2.23. The number of amides is 1. The molecule has 2 aliphatic rings. The number of carbonyl (C=O) groups is 1. The van der Waals surface area contributed by atoms with Crippen LogP contribution in [-0.2, 0) is 11.8 Å². The summed E-state index contributed by atoms with van der Waals surface area (Å²) >= 11 is 0. The Morgan fingerprint density at radius 3 is 3.00 bits per heavy atom.